The highest BCUT2D eigenvalue weighted by Crippen LogP contribution is 2.29. The molecule has 0 aromatic heterocycles. The van der Waals surface area contributed by atoms with Crippen LogP contribution in [0.1, 0.15) is 19.3 Å². The van der Waals surface area contributed by atoms with E-state index in [1.165, 1.54) is 12.8 Å². The van der Waals surface area contributed by atoms with Gasteiger partial charge in [-0.3, -0.25) is 0 Å². The van der Waals surface area contributed by atoms with Crippen molar-refractivity contribution in [3.63, 3.8) is 0 Å². The molecule has 2 fully saturated rings. The van der Waals surface area contributed by atoms with E-state index >= 15 is 0 Å². The van der Waals surface area contributed by atoms with Gasteiger partial charge in [-0.05, 0) is 30.9 Å². The minimum atomic E-state index is 0.131. The molecule has 1 saturated heterocycles. The van der Waals surface area contributed by atoms with Crippen molar-refractivity contribution in [3.05, 3.63) is 30.3 Å². The quantitative estimate of drug-likeness (QED) is 0.523. The number of rotatable bonds is 8. The summed E-state index contributed by atoms with van der Waals surface area (Å²) in [6.07, 6.45) is 3.99. The summed E-state index contributed by atoms with van der Waals surface area (Å²) >= 11 is 0. The molecule has 0 N–H and O–H groups in total. The smallest absolute Gasteiger partial charge is 0.129 e. The Morgan fingerprint density at radius 2 is 2.00 bits per heavy atom. The first kappa shape index (κ1) is 12.0. The molecule has 3 nitrogen and oxygen atoms in total. The summed E-state index contributed by atoms with van der Waals surface area (Å²) in [7, 11) is 0. The molecule has 1 heterocycles. The van der Waals surface area contributed by atoms with Crippen LogP contribution in [0.4, 0.5) is 0 Å². The van der Waals surface area contributed by atoms with Crippen LogP contribution in [0.15, 0.2) is 30.3 Å². The molecule has 3 rings (SSSR count). The lowest BCUT2D eigenvalue weighted by molar-refractivity contribution is 0.0744. The van der Waals surface area contributed by atoms with Gasteiger partial charge in [-0.2, -0.15) is 0 Å². The summed E-state index contributed by atoms with van der Waals surface area (Å²) in [5.41, 5.74) is 0. The molecule has 0 spiro atoms. The summed E-state index contributed by atoms with van der Waals surface area (Å²) in [6, 6.07) is 9.95. The first-order valence-electron chi connectivity index (χ1n) is 6.83. The number of epoxide rings is 1. The minimum absolute atomic E-state index is 0.131. The number of hydrogen-bond donors (Lipinski definition) is 0. The van der Waals surface area contributed by atoms with E-state index in [0.29, 0.717) is 0 Å². The van der Waals surface area contributed by atoms with Crippen LogP contribution in [0.3, 0.4) is 0 Å². The second-order valence-electron chi connectivity index (χ2n) is 5.15. The van der Waals surface area contributed by atoms with Gasteiger partial charge >= 0.3 is 0 Å². The average molecular weight is 248 g/mol. The van der Waals surface area contributed by atoms with Crippen molar-refractivity contribution >= 4 is 0 Å². The van der Waals surface area contributed by atoms with E-state index in [0.717, 1.165) is 37.9 Å². The van der Waals surface area contributed by atoms with Gasteiger partial charge in [-0.15, -0.1) is 0 Å². The third kappa shape index (κ3) is 3.72. The molecule has 1 saturated carbocycles. The Balaban J connectivity index is 1.42. The molecular formula is C15H20O3. The Hall–Kier alpha value is -1.06. The molecule has 2 aliphatic rings. The second-order valence-corrected chi connectivity index (χ2v) is 5.15. The van der Waals surface area contributed by atoms with Crippen molar-refractivity contribution in [1.82, 2.24) is 0 Å². The third-order valence-electron chi connectivity index (χ3n) is 3.40. The standard InChI is InChI=1S/C15H20O3/c1-2-4-13(5-3-1)18-14(15-11-17-15)8-9-16-10-12-6-7-12/h1-5,12,14-15H,6-11H2. The molecule has 1 aromatic rings. The Labute approximate surface area is 108 Å². The maximum Gasteiger partial charge on any atom is 0.129 e. The van der Waals surface area contributed by atoms with E-state index in [9.17, 15) is 0 Å². The summed E-state index contributed by atoms with van der Waals surface area (Å²) in [6.45, 7) is 2.51. The molecule has 2 atom stereocenters. The lowest BCUT2D eigenvalue weighted by Crippen LogP contribution is -2.25. The van der Waals surface area contributed by atoms with Crippen LogP contribution in [0.2, 0.25) is 0 Å². The summed E-state index contributed by atoms with van der Waals surface area (Å²) < 4.78 is 17.0. The zero-order valence-corrected chi connectivity index (χ0v) is 10.6. The fourth-order valence-electron chi connectivity index (χ4n) is 2.00. The topological polar surface area (TPSA) is 31.0 Å². The van der Waals surface area contributed by atoms with Gasteiger partial charge in [0.05, 0.1) is 13.2 Å². The van der Waals surface area contributed by atoms with E-state index in [1.807, 2.05) is 30.3 Å². The zero-order valence-electron chi connectivity index (χ0n) is 10.6. The molecular weight excluding hydrogens is 228 g/mol. The maximum absolute atomic E-state index is 5.96. The van der Waals surface area contributed by atoms with Crippen LogP contribution < -0.4 is 4.74 Å². The van der Waals surface area contributed by atoms with Crippen molar-refractivity contribution < 1.29 is 14.2 Å². The molecule has 1 aliphatic heterocycles. The van der Waals surface area contributed by atoms with Gasteiger partial charge in [0, 0.05) is 13.0 Å². The first-order valence-corrected chi connectivity index (χ1v) is 6.83. The van der Waals surface area contributed by atoms with Crippen LogP contribution in [-0.4, -0.2) is 32.0 Å². The van der Waals surface area contributed by atoms with E-state index in [1.54, 1.807) is 0 Å². The van der Waals surface area contributed by atoms with Crippen LogP contribution in [0.5, 0.6) is 5.75 Å². The van der Waals surface area contributed by atoms with E-state index in [2.05, 4.69) is 0 Å². The molecule has 0 amide bonds. The summed E-state index contributed by atoms with van der Waals surface area (Å²) in [4.78, 5) is 0. The van der Waals surface area contributed by atoms with Crippen molar-refractivity contribution in [2.24, 2.45) is 5.92 Å². The van der Waals surface area contributed by atoms with Crippen LogP contribution in [0.25, 0.3) is 0 Å². The van der Waals surface area contributed by atoms with Crippen molar-refractivity contribution in [2.75, 3.05) is 19.8 Å². The number of benzene rings is 1. The highest BCUT2D eigenvalue weighted by atomic mass is 16.6. The molecule has 0 bridgehead atoms. The normalized spacial score (nSPS) is 23.7. The lowest BCUT2D eigenvalue weighted by Gasteiger charge is -2.17. The molecule has 1 aliphatic carbocycles. The number of hydrogen-bond acceptors (Lipinski definition) is 3. The van der Waals surface area contributed by atoms with Crippen molar-refractivity contribution in [1.29, 1.82) is 0 Å². The lowest BCUT2D eigenvalue weighted by atomic mass is 10.2. The largest absolute Gasteiger partial charge is 0.488 e. The monoisotopic (exact) mass is 248 g/mol. The van der Waals surface area contributed by atoms with E-state index in [-0.39, 0.29) is 12.2 Å². The van der Waals surface area contributed by atoms with Gasteiger partial charge in [0.25, 0.3) is 0 Å². The zero-order chi connectivity index (χ0) is 12.2. The Morgan fingerprint density at radius 3 is 2.67 bits per heavy atom. The average Bonchev–Trinajstić information content (AvgIpc) is 3.28. The summed E-state index contributed by atoms with van der Waals surface area (Å²) in [5.74, 6) is 1.75. The molecule has 1 aromatic carbocycles. The van der Waals surface area contributed by atoms with Gasteiger partial charge in [0.2, 0.25) is 0 Å². The second kappa shape index (κ2) is 5.72. The summed E-state index contributed by atoms with van der Waals surface area (Å²) in [5, 5.41) is 0. The van der Waals surface area contributed by atoms with Crippen molar-refractivity contribution in [3.8, 4) is 5.75 Å². The van der Waals surface area contributed by atoms with Crippen LogP contribution >= 0.6 is 0 Å². The highest BCUT2D eigenvalue weighted by molar-refractivity contribution is 5.21. The molecule has 3 heteroatoms. The number of para-hydroxylation sites is 1. The van der Waals surface area contributed by atoms with Crippen molar-refractivity contribution in [2.45, 2.75) is 31.5 Å². The molecule has 2 unspecified atom stereocenters. The number of ether oxygens (including phenoxy) is 3. The van der Waals surface area contributed by atoms with E-state index in [4.69, 9.17) is 14.2 Å². The molecule has 98 valence electrons. The molecule has 0 radical (unpaired) electrons. The predicted molar refractivity (Wildman–Crippen MR) is 68.8 cm³/mol. The fourth-order valence-corrected chi connectivity index (χ4v) is 2.00. The molecule has 18 heavy (non-hydrogen) atoms. The van der Waals surface area contributed by atoms with Crippen LogP contribution in [-0.2, 0) is 9.47 Å². The van der Waals surface area contributed by atoms with Gasteiger partial charge < -0.3 is 14.2 Å². The maximum atomic E-state index is 5.96. The Morgan fingerprint density at radius 1 is 1.22 bits per heavy atom. The van der Waals surface area contributed by atoms with Gasteiger partial charge in [0.15, 0.2) is 0 Å². The van der Waals surface area contributed by atoms with Gasteiger partial charge in [-0.25, -0.2) is 0 Å². The Kier molecular flexibility index (Phi) is 3.81. The Bertz CT molecular complexity index is 357. The van der Waals surface area contributed by atoms with Gasteiger partial charge in [0.1, 0.15) is 18.0 Å². The minimum Gasteiger partial charge on any atom is -0.488 e. The van der Waals surface area contributed by atoms with E-state index < -0.39 is 0 Å². The third-order valence-corrected chi connectivity index (χ3v) is 3.40. The highest BCUT2D eigenvalue weighted by Gasteiger charge is 2.34. The van der Waals surface area contributed by atoms with Gasteiger partial charge in [-0.1, -0.05) is 18.2 Å². The SMILES string of the molecule is c1ccc(OC(CCOCC2CC2)C2CO2)cc1. The fraction of sp³-hybridized carbons (Fsp3) is 0.600. The predicted octanol–water partition coefficient (Wildman–Crippen LogP) is 2.65. The first-order chi connectivity index (χ1) is 8.92. The van der Waals surface area contributed by atoms with Crippen LogP contribution in [0, 0.1) is 5.92 Å².